The highest BCUT2D eigenvalue weighted by Crippen LogP contribution is 2.26. The van der Waals surface area contributed by atoms with Gasteiger partial charge in [-0.25, -0.2) is 8.42 Å². The molecule has 0 atom stereocenters. The minimum absolute atomic E-state index is 0.0250. The van der Waals surface area contributed by atoms with Gasteiger partial charge in [0.05, 0.1) is 14.7 Å². The van der Waals surface area contributed by atoms with Crippen molar-refractivity contribution in [3.8, 4) is 0 Å². The normalized spacial score (nSPS) is 11.2. The number of hydrogen-bond acceptors (Lipinski definition) is 5. The third-order valence-electron chi connectivity index (χ3n) is 3.06. The molecule has 0 spiro atoms. The minimum Gasteiger partial charge on any atom is -0.309 e. The summed E-state index contributed by atoms with van der Waals surface area (Å²) < 4.78 is 26.7. The molecule has 2 aromatic carbocycles. The molecule has 0 N–H and O–H groups in total. The number of rotatable bonds is 5. The number of hydrogen-bond donors (Lipinski definition) is 0. The first-order valence-corrected chi connectivity index (χ1v) is 8.58. The van der Waals surface area contributed by atoms with Crippen molar-refractivity contribution in [1.29, 1.82) is 0 Å². The Morgan fingerprint density at radius 1 is 1.05 bits per heavy atom. The summed E-state index contributed by atoms with van der Waals surface area (Å²) in [4.78, 5) is 10.2. The maximum Gasteiger partial charge on any atom is 0.269 e. The van der Waals surface area contributed by atoms with Gasteiger partial charge in [-0.3, -0.25) is 10.1 Å². The van der Waals surface area contributed by atoms with E-state index in [0.29, 0.717) is 0 Å². The van der Waals surface area contributed by atoms with Crippen LogP contribution in [-0.4, -0.2) is 19.9 Å². The van der Waals surface area contributed by atoms with Crippen LogP contribution >= 0.6 is 16.1 Å². The average Bonchev–Trinajstić information content (AvgIpc) is 2.54. The van der Waals surface area contributed by atoms with Gasteiger partial charge in [0, 0.05) is 40.5 Å². The van der Waals surface area contributed by atoms with Crippen molar-refractivity contribution in [2.24, 2.45) is 0 Å². The molecule has 0 aliphatic rings. The zero-order valence-electron chi connectivity index (χ0n) is 11.6. The Balaban J connectivity index is 2.35. The van der Waals surface area contributed by atoms with Crippen LogP contribution in [0.3, 0.4) is 0 Å². The minimum atomic E-state index is -3.69. The van der Waals surface area contributed by atoms with Crippen LogP contribution in [0, 0.1) is 10.1 Å². The molecule has 0 saturated carbocycles. The molecule has 0 fully saturated rings. The van der Waals surface area contributed by atoms with Gasteiger partial charge in [-0.2, -0.15) is 0 Å². The molecule has 0 aliphatic heterocycles. The number of halogens is 1. The predicted molar refractivity (Wildman–Crippen MR) is 86.9 cm³/mol. The molecule has 0 aromatic heterocycles. The fourth-order valence-electron chi connectivity index (χ4n) is 1.85. The molecule has 0 radical (unpaired) electrons. The topological polar surface area (TPSA) is 80.5 Å². The summed E-state index contributed by atoms with van der Waals surface area (Å²) in [5.74, 6) is 0. The SMILES string of the molecule is CCN(Br)c1ccc(S(=O)(=O)c2ccc([N+](=O)[O-])cc2)cc1. The number of benzene rings is 2. The van der Waals surface area contributed by atoms with Gasteiger partial charge in [-0.05, 0) is 43.3 Å². The number of non-ortho nitro benzene ring substituents is 1. The maximum atomic E-state index is 12.5. The second-order valence-electron chi connectivity index (χ2n) is 4.43. The van der Waals surface area contributed by atoms with Gasteiger partial charge >= 0.3 is 0 Å². The van der Waals surface area contributed by atoms with Gasteiger partial charge in [-0.1, -0.05) is 0 Å². The molecule has 0 heterocycles. The van der Waals surface area contributed by atoms with E-state index in [1.165, 1.54) is 36.4 Å². The Bertz CT molecular complexity index is 773. The van der Waals surface area contributed by atoms with Crippen LogP contribution in [0.1, 0.15) is 6.92 Å². The Labute approximate surface area is 136 Å². The van der Waals surface area contributed by atoms with Crippen LogP contribution in [0.15, 0.2) is 58.3 Å². The standard InChI is InChI=1S/C14H13BrN2O4S/c1-2-16(15)11-3-7-13(8-4-11)22(20,21)14-9-5-12(6-10-14)17(18)19/h3-10H,2H2,1H3. The number of anilines is 1. The molecular weight excluding hydrogens is 372 g/mol. The van der Waals surface area contributed by atoms with Crippen LogP contribution in [0.2, 0.25) is 0 Å². The summed E-state index contributed by atoms with van der Waals surface area (Å²) in [5, 5.41) is 10.6. The summed E-state index contributed by atoms with van der Waals surface area (Å²) in [5.41, 5.74) is 0.692. The van der Waals surface area contributed by atoms with Crippen molar-refractivity contribution >= 4 is 37.4 Å². The zero-order chi connectivity index (χ0) is 16.3. The lowest BCUT2D eigenvalue weighted by molar-refractivity contribution is -0.384. The van der Waals surface area contributed by atoms with Crippen molar-refractivity contribution in [1.82, 2.24) is 0 Å². The smallest absolute Gasteiger partial charge is 0.269 e. The van der Waals surface area contributed by atoms with E-state index in [1.54, 1.807) is 16.1 Å². The van der Waals surface area contributed by atoms with E-state index < -0.39 is 14.8 Å². The van der Waals surface area contributed by atoms with Crippen molar-refractivity contribution in [3.63, 3.8) is 0 Å². The van der Waals surface area contributed by atoms with Crippen molar-refractivity contribution in [2.75, 3.05) is 10.5 Å². The van der Waals surface area contributed by atoms with E-state index in [2.05, 4.69) is 16.1 Å². The highest BCUT2D eigenvalue weighted by atomic mass is 79.9. The molecule has 2 rings (SSSR count). The van der Waals surface area contributed by atoms with E-state index in [9.17, 15) is 18.5 Å². The lowest BCUT2D eigenvalue weighted by Gasteiger charge is -2.14. The molecular formula is C14H13BrN2O4S. The van der Waals surface area contributed by atoms with Crippen LogP contribution in [0.4, 0.5) is 11.4 Å². The van der Waals surface area contributed by atoms with E-state index >= 15 is 0 Å². The lowest BCUT2D eigenvalue weighted by Crippen LogP contribution is -2.08. The highest BCUT2D eigenvalue weighted by molar-refractivity contribution is 9.10. The summed E-state index contributed by atoms with van der Waals surface area (Å²) in [6, 6.07) is 11.2. The second kappa shape index (κ2) is 6.45. The first-order valence-electron chi connectivity index (χ1n) is 6.39. The molecule has 2 aromatic rings. The molecule has 0 bridgehead atoms. The van der Waals surface area contributed by atoms with Crippen LogP contribution in [0.25, 0.3) is 0 Å². The van der Waals surface area contributed by atoms with Gasteiger partial charge < -0.3 is 3.93 Å². The van der Waals surface area contributed by atoms with E-state index in [-0.39, 0.29) is 15.5 Å². The average molecular weight is 385 g/mol. The van der Waals surface area contributed by atoms with Crippen LogP contribution in [0.5, 0.6) is 0 Å². The van der Waals surface area contributed by atoms with Crippen LogP contribution in [-0.2, 0) is 9.84 Å². The quantitative estimate of drug-likeness (QED) is 0.447. The highest BCUT2D eigenvalue weighted by Gasteiger charge is 2.19. The van der Waals surface area contributed by atoms with Crippen LogP contribution < -0.4 is 3.93 Å². The Hall–Kier alpha value is -1.93. The van der Waals surface area contributed by atoms with Gasteiger partial charge in [0.1, 0.15) is 0 Å². The fourth-order valence-corrected chi connectivity index (χ4v) is 3.35. The van der Waals surface area contributed by atoms with Gasteiger partial charge in [0.25, 0.3) is 5.69 Å². The van der Waals surface area contributed by atoms with E-state index in [4.69, 9.17) is 0 Å². The van der Waals surface area contributed by atoms with Crippen molar-refractivity contribution < 1.29 is 13.3 Å². The number of nitro benzene ring substituents is 1. The molecule has 116 valence electrons. The molecule has 6 nitrogen and oxygen atoms in total. The van der Waals surface area contributed by atoms with Gasteiger partial charge in [0.15, 0.2) is 0 Å². The molecule has 22 heavy (non-hydrogen) atoms. The Morgan fingerprint density at radius 2 is 1.50 bits per heavy atom. The van der Waals surface area contributed by atoms with E-state index in [1.807, 2.05) is 6.92 Å². The van der Waals surface area contributed by atoms with E-state index in [0.717, 1.165) is 12.2 Å². The zero-order valence-corrected chi connectivity index (χ0v) is 14.0. The number of nitro groups is 1. The van der Waals surface area contributed by atoms with Gasteiger partial charge in [-0.15, -0.1) is 0 Å². The second-order valence-corrected chi connectivity index (χ2v) is 7.23. The predicted octanol–water partition coefficient (Wildman–Crippen LogP) is 3.56. The first kappa shape index (κ1) is 16.4. The molecule has 0 aliphatic carbocycles. The summed E-state index contributed by atoms with van der Waals surface area (Å²) in [6.07, 6.45) is 0. The number of sulfone groups is 1. The third kappa shape index (κ3) is 3.28. The summed E-state index contributed by atoms with van der Waals surface area (Å²) in [7, 11) is -3.69. The Morgan fingerprint density at radius 3 is 1.91 bits per heavy atom. The monoisotopic (exact) mass is 384 g/mol. The van der Waals surface area contributed by atoms with Crippen molar-refractivity contribution in [2.45, 2.75) is 16.7 Å². The third-order valence-corrected chi connectivity index (χ3v) is 5.76. The maximum absolute atomic E-state index is 12.5. The van der Waals surface area contributed by atoms with Crippen molar-refractivity contribution in [3.05, 3.63) is 58.6 Å². The molecule has 0 saturated heterocycles. The molecule has 0 amide bonds. The number of nitrogens with zero attached hydrogens (tertiary/aromatic N) is 2. The summed E-state index contributed by atoms with van der Waals surface area (Å²) >= 11 is 3.35. The lowest BCUT2D eigenvalue weighted by atomic mass is 10.3. The van der Waals surface area contributed by atoms with Gasteiger partial charge in [0.2, 0.25) is 9.84 Å². The molecule has 0 unspecified atom stereocenters. The Kier molecular flexibility index (Phi) is 4.82. The largest absolute Gasteiger partial charge is 0.309 e. The molecule has 8 heteroatoms. The first-order chi connectivity index (χ1) is 10.4. The fraction of sp³-hybridized carbons (Fsp3) is 0.143. The summed E-state index contributed by atoms with van der Waals surface area (Å²) in [6.45, 7) is 2.69.